The van der Waals surface area contributed by atoms with Gasteiger partial charge in [-0.2, -0.15) is 0 Å². The SMILES string of the molecule is COc1ccc2c(Oc3ccc(NC(=O)c4c(C)n(C)n(-c5cccc(Cl)c5)c4=O)cc3F)ccnc2c1. The van der Waals surface area contributed by atoms with Crippen molar-refractivity contribution in [2.24, 2.45) is 7.05 Å². The van der Waals surface area contributed by atoms with Crippen LogP contribution in [0.15, 0.2) is 77.7 Å². The molecule has 5 aromatic rings. The van der Waals surface area contributed by atoms with E-state index in [-0.39, 0.29) is 17.0 Å². The maximum Gasteiger partial charge on any atom is 0.284 e. The van der Waals surface area contributed by atoms with E-state index in [2.05, 4.69) is 10.3 Å². The van der Waals surface area contributed by atoms with E-state index in [0.717, 1.165) is 6.07 Å². The normalized spacial score (nSPS) is 11.0. The summed E-state index contributed by atoms with van der Waals surface area (Å²) in [5.41, 5.74) is 1.17. The monoisotopic (exact) mass is 532 g/mol. The first-order chi connectivity index (χ1) is 18.3. The summed E-state index contributed by atoms with van der Waals surface area (Å²) in [4.78, 5) is 30.5. The van der Waals surface area contributed by atoms with Gasteiger partial charge in [0.25, 0.3) is 11.5 Å². The van der Waals surface area contributed by atoms with Crippen LogP contribution in [0.3, 0.4) is 0 Å². The zero-order valence-corrected chi connectivity index (χ0v) is 21.4. The minimum Gasteiger partial charge on any atom is -0.497 e. The van der Waals surface area contributed by atoms with Crippen LogP contribution in [-0.2, 0) is 7.05 Å². The summed E-state index contributed by atoms with van der Waals surface area (Å²) >= 11 is 6.08. The van der Waals surface area contributed by atoms with Crippen LogP contribution in [0.25, 0.3) is 16.6 Å². The first-order valence-electron chi connectivity index (χ1n) is 11.5. The number of nitrogens with one attached hydrogen (secondary N) is 1. The molecule has 0 atom stereocenters. The Bertz CT molecular complexity index is 1760. The second kappa shape index (κ2) is 10.0. The molecular weight excluding hydrogens is 511 g/mol. The fourth-order valence-corrected chi connectivity index (χ4v) is 4.34. The standard InChI is InChI=1S/C28H22ClFN4O4/c1-16-26(28(36)34(33(16)2)19-6-4-5-17(29)13-19)27(35)32-18-7-10-25(22(30)14-18)38-24-11-12-31-23-15-20(37-3)8-9-21(23)24/h4-15H,1-3H3,(H,32,35). The molecule has 2 heterocycles. The molecule has 192 valence electrons. The maximum absolute atomic E-state index is 15.0. The molecule has 0 aliphatic heterocycles. The van der Waals surface area contributed by atoms with E-state index in [4.69, 9.17) is 21.1 Å². The number of nitrogens with zero attached hydrogens (tertiary/aromatic N) is 3. The van der Waals surface area contributed by atoms with Gasteiger partial charge in [0, 0.05) is 41.5 Å². The average molecular weight is 533 g/mol. The van der Waals surface area contributed by atoms with Crippen LogP contribution in [0, 0.1) is 12.7 Å². The van der Waals surface area contributed by atoms with E-state index in [1.165, 1.54) is 16.8 Å². The van der Waals surface area contributed by atoms with Gasteiger partial charge in [-0.05, 0) is 55.5 Å². The van der Waals surface area contributed by atoms with Crippen molar-refractivity contribution in [3.63, 3.8) is 0 Å². The number of methoxy groups -OCH3 is 1. The van der Waals surface area contributed by atoms with Crippen molar-refractivity contribution in [3.05, 3.63) is 105 Å². The smallest absolute Gasteiger partial charge is 0.284 e. The molecule has 0 aliphatic carbocycles. The van der Waals surface area contributed by atoms with Crippen molar-refractivity contribution in [2.75, 3.05) is 12.4 Å². The van der Waals surface area contributed by atoms with Crippen LogP contribution in [0.4, 0.5) is 10.1 Å². The van der Waals surface area contributed by atoms with E-state index in [9.17, 15) is 14.0 Å². The Hall–Kier alpha value is -4.63. The Labute approximate surface area is 221 Å². The molecule has 1 amide bonds. The fourth-order valence-electron chi connectivity index (χ4n) is 4.16. The predicted molar refractivity (Wildman–Crippen MR) is 143 cm³/mol. The van der Waals surface area contributed by atoms with Crippen LogP contribution >= 0.6 is 11.6 Å². The third kappa shape index (κ3) is 4.59. The molecule has 8 nitrogen and oxygen atoms in total. The Morgan fingerprint density at radius 3 is 2.61 bits per heavy atom. The first kappa shape index (κ1) is 25.0. The molecule has 0 saturated heterocycles. The number of carbonyl (C=O) groups excluding carboxylic acids is 1. The molecule has 1 N–H and O–H groups in total. The number of fused-ring (bicyclic) bond motifs is 1. The van der Waals surface area contributed by atoms with Crippen LogP contribution in [-0.4, -0.2) is 27.4 Å². The quantitative estimate of drug-likeness (QED) is 0.295. The van der Waals surface area contributed by atoms with Gasteiger partial charge in [0.05, 0.1) is 24.0 Å². The predicted octanol–water partition coefficient (Wildman–Crippen LogP) is 5.88. The summed E-state index contributed by atoms with van der Waals surface area (Å²) in [6.07, 6.45) is 1.56. The number of hydrogen-bond acceptors (Lipinski definition) is 5. The molecule has 2 aromatic heterocycles. The minimum atomic E-state index is -0.692. The summed E-state index contributed by atoms with van der Waals surface area (Å²) in [6, 6.07) is 17.7. The highest BCUT2D eigenvalue weighted by molar-refractivity contribution is 6.30. The zero-order chi connectivity index (χ0) is 27.0. The lowest BCUT2D eigenvalue weighted by atomic mass is 10.2. The summed E-state index contributed by atoms with van der Waals surface area (Å²) in [5, 5.41) is 3.74. The van der Waals surface area contributed by atoms with Crippen molar-refractivity contribution in [3.8, 4) is 22.9 Å². The van der Waals surface area contributed by atoms with Crippen molar-refractivity contribution in [1.29, 1.82) is 0 Å². The summed E-state index contributed by atoms with van der Waals surface area (Å²) in [7, 11) is 3.23. The molecule has 0 unspecified atom stereocenters. The molecule has 0 spiro atoms. The maximum atomic E-state index is 15.0. The van der Waals surface area contributed by atoms with E-state index in [0.29, 0.717) is 38.8 Å². The molecule has 10 heteroatoms. The lowest BCUT2D eigenvalue weighted by Gasteiger charge is -2.11. The highest BCUT2D eigenvalue weighted by Gasteiger charge is 2.23. The summed E-state index contributed by atoms with van der Waals surface area (Å²) in [5.74, 6) is -0.338. The molecule has 0 aliphatic rings. The largest absolute Gasteiger partial charge is 0.497 e. The number of benzene rings is 3. The number of pyridine rings is 1. The van der Waals surface area contributed by atoms with E-state index in [1.807, 2.05) is 0 Å². The molecule has 0 saturated carbocycles. The van der Waals surface area contributed by atoms with Gasteiger partial charge in [0.1, 0.15) is 17.1 Å². The second-order valence-electron chi connectivity index (χ2n) is 8.47. The Morgan fingerprint density at radius 1 is 1.05 bits per heavy atom. The molecule has 5 rings (SSSR count). The average Bonchev–Trinajstić information content (AvgIpc) is 3.12. The molecule has 0 radical (unpaired) electrons. The topological polar surface area (TPSA) is 87.4 Å². The number of halogens is 2. The molecule has 0 fully saturated rings. The third-order valence-corrected chi connectivity index (χ3v) is 6.39. The van der Waals surface area contributed by atoms with Crippen molar-refractivity contribution >= 4 is 34.1 Å². The van der Waals surface area contributed by atoms with Crippen molar-refractivity contribution in [2.45, 2.75) is 6.92 Å². The summed E-state index contributed by atoms with van der Waals surface area (Å²) < 4.78 is 29.0. The number of aromatic nitrogens is 3. The second-order valence-corrected chi connectivity index (χ2v) is 8.91. The molecule has 3 aromatic carbocycles. The van der Waals surface area contributed by atoms with E-state index < -0.39 is 17.3 Å². The first-order valence-corrected chi connectivity index (χ1v) is 11.9. The van der Waals surface area contributed by atoms with Gasteiger partial charge in [-0.3, -0.25) is 19.3 Å². The lowest BCUT2D eigenvalue weighted by molar-refractivity contribution is 0.102. The number of anilines is 1. The minimum absolute atomic E-state index is 0.0366. The number of amides is 1. The van der Waals surface area contributed by atoms with Gasteiger partial charge in [0.15, 0.2) is 11.6 Å². The van der Waals surface area contributed by atoms with Gasteiger partial charge in [-0.25, -0.2) is 9.07 Å². The van der Waals surface area contributed by atoms with Crippen molar-refractivity contribution < 1.29 is 18.7 Å². The Kier molecular flexibility index (Phi) is 6.61. The highest BCUT2D eigenvalue weighted by Crippen LogP contribution is 2.33. The van der Waals surface area contributed by atoms with Crippen LogP contribution in [0.1, 0.15) is 16.1 Å². The van der Waals surface area contributed by atoms with Gasteiger partial charge in [-0.15, -0.1) is 0 Å². The summed E-state index contributed by atoms with van der Waals surface area (Å²) in [6.45, 7) is 1.66. The highest BCUT2D eigenvalue weighted by atomic mass is 35.5. The van der Waals surface area contributed by atoms with Crippen LogP contribution in [0.5, 0.6) is 17.2 Å². The third-order valence-electron chi connectivity index (χ3n) is 6.15. The fraction of sp³-hybridized carbons (Fsp3) is 0.107. The van der Waals surface area contributed by atoms with Crippen molar-refractivity contribution in [1.82, 2.24) is 14.3 Å². The Balaban J connectivity index is 1.40. The molecular formula is C28H22ClFN4O4. The molecule has 38 heavy (non-hydrogen) atoms. The Morgan fingerprint density at radius 2 is 1.87 bits per heavy atom. The van der Waals surface area contributed by atoms with Crippen LogP contribution < -0.4 is 20.3 Å². The number of rotatable bonds is 6. The number of carbonyl (C=O) groups is 1. The van der Waals surface area contributed by atoms with Gasteiger partial charge < -0.3 is 14.8 Å². The zero-order valence-electron chi connectivity index (χ0n) is 20.7. The van der Waals surface area contributed by atoms with Gasteiger partial charge >= 0.3 is 0 Å². The lowest BCUT2D eigenvalue weighted by Crippen LogP contribution is -2.25. The molecule has 0 bridgehead atoms. The van der Waals surface area contributed by atoms with E-state index >= 15 is 0 Å². The van der Waals surface area contributed by atoms with Gasteiger partial charge in [-0.1, -0.05) is 17.7 Å². The van der Waals surface area contributed by atoms with E-state index in [1.54, 1.807) is 80.5 Å². The number of hydrogen-bond donors (Lipinski definition) is 1. The number of ether oxygens (including phenoxy) is 2. The van der Waals surface area contributed by atoms with Gasteiger partial charge in [0.2, 0.25) is 0 Å². The van der Waals surface area contributed by atoms with Crippen LogP contribution in [0.2, 0.25) is 5.02 Å².